The van der Waals surface area contributed by atoms with Gasteiger partial charge in [-0.2, -0.15) is 0 Å². The molecule has 7 nitrogen and oxygen atoms in total. The minimum absolute atomic E-state index is 0.00977. The van der Waals surface area contributed by atoms with E-state index in [-0.39, 0.29) is 28.4 Å². The molecule has 0 heterocycles. The zero-order chi connectivity index (χ0) is 19.4. The zero-order valence-electron chi connectivity index (χ0n) is 14.0. The molecule has 0 aromatic heterocycles. The van der Waals surface area contributed by atoms with Crippen LogP contribution in [0.25, 0.3) is 0 Å². The number of carbonyl (C=O) groups excluding carboxylic acids is 1. The van der Waals surface area contributed by atoms with Crippen molar-refractivity contribution in [1.29, 1.82) is 0 Å². The van der Waals surface area contributed by atoms with Crippen LogP contribution < -0.4 is 11.1 Å². The molecule has 0 atom stereocenters. The van der Waals surface area contributed by atoms with Gasteiger partial charge in [0.25, 0.3) is 11.6 Å². The first kappa shape index (κ1) is 18.3. The predicted octanol–water partition coefficient (Wildman–Crippen LogP) is 4.29. The number of phenols is 1. The van der Waals surface area contributed by atoms with Crippen molar-refractivity contribution in [2.45, 2.75) is 9.79 Å². The van der Waals surface area contributed by atoms with E-state index in [9.17, 15) is 20.0 Å². The lowest BCUT2D eigenvalue weighted by Crippen LogP contribution is -2.15. The van der Waals surface area contributed by atoms with Gasteiger partial charge < -0.3 is 16.2 Å². The van der Waals surface area contributed by atoms with E-state index in [2.05, 4.69) is 5.32 Å². The van der Waals surface area contributed by atoms with E-state index in [1.54, 1.807) is 48.5 Å². The van der Waals surface area contributed by atoms with E-state index >= 15 is 0 Å². The van der Waals surface area contributed by atoms with Crippen molar-refractivity contribution in [3.8, 4) is 5.75 Å². The SMILES string of the molecule is Nc1cccc(Sc2ccc([N+](=O)[O-])cc2)c1C(=O)Nc1ccccc1O. The van der Waals surface area contributed by atoms with Gasteiger partial charge in [0.2, 0.25) is 0 Å². The highest BCUT2D eigenvalue weighted by Crippen LogP contribution is 2.34. The molecule has 3 rings (SSSR count). The van der Waals surface area contributed by atoms with Crippen molar-refractivity contribution in [3.63, 3.8) is 0 Å². The number of hydrogen-bond donors (Lipinski definition) is 3. The average Bonchev–Trinajstić information content (AvgIpc) is 2.64. The second-order valence-corrected chi connectivity index (χ2v) is 6.66. The standard InChI is InChI=1S/C19H15N3O4S/c20-14-4-3-7-17(27-13-10-8-12(9-11-13)22(25)26)18(14)19(24)21-15-5-1-2-6-16(15)23/h1-11,23H,20H2,(H,21,24). The number of non-ortho nitro benzene ring substituents is 1. The highest BCUT2D eigenvalue weighted by molar-refractivity contribution is 7.99. The molecular weight excluding hydrogens is 366 g/mol. The molecule has 0 unspecified atom stereocenters. The van der Waals surface area contributed by atoms with Crippen LogP contribution in [0, 0.1) is 10.1 Å². The van der Waals surface area contributed by atoms with Crippen LogP contribution >= 0.6 is 11.8 Å². The number of amides is 1. The number of aromatic hydroxyl groups is 1. The van der Waals surface area contributed by atoms with Gasteiger partial charge in [-0.15, -0.1) is 0 Å². The third kappa shape index (κ3) is 4.18. The summed E-state index contributed by atoms with van der Waals surface area (Å²) in [4.78, 5) is 24.4. The number of para-hydroxylation sites is 2. The first-order valence-corrected chi connectivity index (χ1v) is 8.67. The largest absolute Gasteiger partial charge is 0.506 e. The molecule has 27 heavy (non-hydrogen) atoms. The van der Waals surface area contributed by atoms with Gasteiger partial charge in [0, 0.05) is 27.6 Å². The van der Waals surface area contributed by atoms with Crippen molar-refractivity contribution >= 4 is 34.7 Å². The van der Waals surface area contributed by atoms with Gasteiger partial charge in [-0.05, 0) is 36.4 Å². The number of carbonyl (C=O) groups is 1. The lowest BCUT2D eigenvalue weighted by atomic mass is 10.1. The van der Waals surface area contributed by atoms with E-state index in [4.69, 9.17) is 5.73 Å². The van der Waals surface area contributed by atoms with Gasteiger partial charge in [0.1, 0.15) is 5.75 Å². The minimum Gasteiger partial charge on any atom is -0.506 e. The molecular formula is C19H15N3O4S. The summed E-state index contributed by atoms with van der Waals surface area (Å²) < 4.78 is 0. The van der Waals surface area contributed by atoms with Gasteiger partial charge in [0.15, 0.2) is 0 Å². The third-order valence-corrected chi connectivity index (χ3v) is 4.78. The molecule has 0 bridgehead atoms. The van der Waals surface area contributed by atoms with Gasteiger partial charge in [0.05, 0.1) is 16.2 Å². The lowest BCUT2D eigenvalue weighted by molar-refractivity contribution is -0.384. The summed E-state index contributed by atoms with van der Waals surface area (Å²) in [5, 5.41) is 23.3. The Kier molecular flexibility index (Phi) is 5.28. The number of nitrogen functional groups attached to an aromatic ring is 1. The van der Waals surface area contributed by atoms with Gasteiger partial charge in [-0.3, -0.25) is 14.9 Å². The number of nitrogens with two attached hydrogens (primary N) is 1. The van der Waals surface area contributed by atoms with Gasteiger partial charge >= 0.3 is 0 Å². The van der Waals surface area contributed by atoms with Crippen molar-refractivity contribution in [2.24, 2.45) is 0 Å². The number of nitrogens with zero attached hydrogens (tertiary/aromatic N) is 1. The van der Waals surface area contributed by atoms with E-state index < -0.39 is 10.8 Å². The van der Waals surface area contributed by atoms with E-state index in [1.807, 2.05) is 0 Å². The molecule has 0 saturated heterocycles. The zero-order valence-corrected chi connectivity index (χ0v) is 14.8. The summed E-state index contributed by atoms with van der Waals surface area (Å²) in [7, 11) is 0. The molecule has 0 aliphatic heterocycles. The molecule has 0 spiro atoms. The Balaban J connectivity index is 1.89. The van der Waals surface area contributed by atoms with E-state index in [0.717, 1.165) is 4.90 Å². The van der Waals surface area contributed by atoms with Gasteiger partial charge in [-0.1, -0.05) is 30.0 Å². The Morgan fingerprint density at radius 2 is 1.74 bits per heavy atom. The quantitative estimate of drug-likeness (QED) is 0.263. The van der Waals surface area contributed by atoms with Gasteiger partial charge in [-0.25, -0.2) is 0 Å². The van der Waals surface area contributed by atoms with E-state index in [0.29, 0.717) is 4.90 Å². The summed E-state index contributed by atoms with van der Waals surface area (Å²) in [6.45, 7) is 0. The van der Waals surface area contributed by atoms with Crippen molar-refractivity contribution in [2.75, 3.05) is 11.1 Å². The molecule has 136 valence electrons. The van der Waals surface area contributed by atoms with Crippen LogP contribution in [0.5, 0.6) is 5.75 Å². The summed E-state index contributed by atoms with van der Waals surface area (Å²) in [6, 6.07) is 17.5. The first-order valence-electron chi connectivity index (χ1n) is 7.86. The van der Waals surface area contributed by atoms with Crippen molar-refractivity contribution in [1.82, 2.24) is 0 Å². The molecule has 1 amide bonds. The summed E-state index contributed by atoms with van der Waals surface area (Å²) in [5.74, 6) is -0.510. The van der Waals surface area contributed by atoms with Crippen LogP contribution in [0.4, 0.5) is 17.1 Å². The first-order chi connectivity index (χ1) is 13.0. The highest BCUT2D eigenvalue weighted by atomic mass is 32.2. The highest BCUT2D eigenvalue weighted by Gasteiger charge is 2.17. The molecule has 0 radical (unpaired) electrons. The number of anilines is 2. The molecule has 0 aliphatic rings. The summed E-state index contributed by atoms with van der Waals surface area (Å²) >= 11 is 1.27. The number of phenolic OH excluding ortho intramolecular Hbond substituents is 1. The lowest BCUT2D eigenvalue weighted by Gasteiger charge is -2.13. The Bertz CT molecular complexity index is 1010. The maximum Gasteiger partial charge on any atom is 0.269 e. The number of nitrogens with one attached hydrogen (secondary N) is 1. The molecule has 8 heteroatoms. The normalized spacial score (nSPS) is 10.4. The second kappa shape index (κ2) is 7.79. The smallest absolute Gasteiger partial charge is 0.269 e. The molecule has 3 aromatic carbocycles. The maximum absolute atomic E-state index is 12.7. The minimum atomic E-state index is -0.472. The third-order valence-electron chi connectivity index (χ3n) is 3.71. The van der Waals surface area contributed by atoms with Crippen molar-refractivity contribution in [3.05, 3.63) is 82.4 Å². The molecule has 3 aromatic rings. The summed E-state index contributed by atoms with van der Waals surface area (Å²) in [5.41, 5.74) is 6.83. The number of benzene rings is 3. The number of nitro groups is 1. The predicted molar refractivity (Wildman–Crippen MR) is 104 cm³/mol. The molecule has 4 N–H and O–H groups in total. The Labute approximate surface area is 159 Å². The van der Waals surface area contributed by atoms with Crippen LogP contribution in [0.1, 0.15) is 10.4 Å². The Morgan fingerprint density at radius 1 is 1.04 bits per heavy atom. The maximum atomic E-state index is 12.7. The fraction of sp³-hybridized carbons (Fsp3) is 0. The van der Waals surface area contributed by atoms with Crippen molar-refractivity contribution < 1.29 is 14.8 Å². The Morgan fingerprint density at radius 3 is 2.41 bits per heavy atom. The van der Waals surface area contributed by atoms with Crippen LogP contribution in [0.2, 0.25) is 0 Å². The fourth-order valence-corrected chi connectivity index (χ4v) is 3.39. The van der Waals surface area contributed by atoms with Crippen LogP contribution in [0.3, 0.4) is 0 Å². The average molecular weight is 381 g/mol. The monoisotopic (exact) mass is 381 g/mol. The van der Waals surface area contributed by atoms with Crippen LogP contribution in [0.15, 0.2) is 76.5 Å². The van der Waals surface area contributed by atoms with Crippen LogP contribution in [-0.4, -0.2) is 15.9 Å². The molecule has 0 aliphatic carbocycles. The topological polar surface area (TPSA) is 118 Å². The molecule has 0 saturated carbocycles. The Hall–Kier alpha value is -3.52. The number of rotatable bonds is 5. The number of nitro benzene ring substituents is 1. The van der Waals surface area contributed by atoms with Crippen LogP contribution in [-0.2, 0) is 0 Å². The molecule has 0 fully saturated rings. The van der Waals surface area contributed by atoms with E-state index in [1.165, 1.54) is 30.0 Å². The fourth-order valence-electron chi connectivity index (χ4n) is 2.40. The second-order valence-electron chi connectivity index (χ2n) is 5.54. The summed E-state index contributed by atoms with van der Waals surface area (Å²) in [6.07, 6.45) is 0. The number of hydrogen-bond acceptors (Lipinski definition) is 6.